The Bertz CT molecular complexity index is 1070. The van der Waals surface area contributed by atoms with Crippen LogP contribution in [-0.4, -0.2) is 64.6 Å². The number of methoxy groups -OCH3 is 1. The summed E-state index contributed by atoms with van der Waals surface area (Å²) < 4.78 is 36.6. The molecule has 1 aromatic carbocycles. The molecule has 3 atom stereocenters. The SMILES string of the molecule is COC[C@@H](NC(=O)C1CCCC(F)(F)C1)C(=O)N[C@H](Cc1ccccc1)C(=O)C(=O)NCc1ncsn1. The number of carbonyl (C=O) groups is 4. The molecular weight excluding hydrogens is 508 g/mol. The third kappa shape index (κ3) is 8.64. The molecule has 1 fully saturated rings. The fourth-order valence-electron chi connectivity index (χ4n) is 4.04. The number of benzene rings is 1. The molecule has 0 saturated heterocycles. The van der Waals surface area contributed by atoms with E-state index in [0.717, 1.165) is 11.5 Å². The van der Waals surface area contributed by atoms with Crippen LogP contribution in [0.25, 0.3) is 0 Å². The maximum absolute atomic E-state index is 13.8. The van der Waals surface area contributed by atoms with Crippen molar-refractivity contribution in [2.75, 3.05) is 13.7 Å². The monoisotopic (exact) mass is 537 g/mol. The van der Waals surface area contributed by atoms with Crippen LogP contribution in [0.15, 0.2) is 35.8 Å². The predicted octanol–water partition coefficient (Wildman–Crippen LogP) is 1.41. The van der Waals surface area contributed by atoms with E-state index in [0.29, 0.717) is 11.4 Å². The molecule has 2 aromatic rings. The van der Waals surface area contributed by atoms with Crippen molar-refractivity contribution in [2.24, 2.45) is 5.92 Å². The molecule has 200 valence electrons. The summed E-state index contributed by atoms with van der Waals surface area (Å²) in [7, 11) is 1.31. The number of ether oxygens (including phenoxy) is 1. The molecule has 3 N–H and O–H groups in total. The number of nitrogens with one attached hydrogen (secondary N) is 3. The van der Waals surface area contributed by atoms with E-state index in [2.05, 4.69) is 25.3 Å². The summed E-state index contributed by atoms with van der Waals surface area (Å²) in [6.45, 7) is -0.316. The van der Waals surface area contributed by atoms with E-state index >= 15 is 0 Å². The Labute approximate surface area is 216 Å². The Morgan fingerprint density at radius 3 is 2.57 bits per heavy atom. The quantitative estimate of drug-likeness (QED) is 0.348. The van der Waals surface area contributed by atoms with Gasteiger partial charge in [0.15, 0.2) is 5.82 Å². The molecule has 1 aliphatic rings. The van der Waals surface area contributed by atoms with Crippen LogP contribution in [-0.2, 0) is 36.9 Å². The first-order valence-corrected chi connectivity index (χ1v) is 12.6. The van der Waals surface area contributed by atoms with E-state index in [-0.39, 0.29) is 38.8 Å². The molecule has 0 aliphatic heterocycles. The van der Waals surface area contributed by atoms with Crippen LogP contribution in [0.1, 0.15) is 37.1 Å². The molecule has 1 heterocycles. The number of ketones is 1. The number of hydrogen-bond donors (Lipinski definition) is 3. The van der Waals surface area contributed by atoms with Gasteiger partial charge >= 0.3 is 0 Å². The topological polar surface area (TPSA) is 139 Å². The van der Waals surface area contributed by atoms with Crippen molar-refractivity contribution in [1.82, 2.24) is 25.3 Å². The molecule has 1 aliphatic carbocycles. The van der Waals surface area contributed by atoms with Crippen molar-refractivity contribution >= 4 is 35.0 Å². The Kier molecular flexibility index (Phi) is 10.1. The lowest BCUT2D eigenvalue weighted by Gasteiger charge is -2.29. The second kappa shape index (κ2) is 13.3. The van der Waals surface area contributed by atoms with Crippen LogP contribution in [0.2, 0.25) is 0 Å². The van der Waals surface area contributed by atoms with E-state index in [1.165, 1.54) is 12.6 Å². The van der Waals surface area contributed by atoms with Gasteiger partial charge in [-0.1, -0.05) is 30.3 Å². The minimum atomic E-state index is -2.94. The standard InChI is InChI=1S/C24H29F2N5O5S/c1-36-13-18(30-21(33)16-8-5-9-24(25,26)11-16)22(34)29-17(10-15-6-3-2-4-7-15)20(32)23(35)27-12-19-28-14-37-31-19/h2-4,6-7,14,16-18H,5,8-13H2,1H3,(H,27,35)(H,29,34)(H,30,33)/t16?,17-,18-/m1/s1. The fourth-order valence-corrected chi connectivity index (χ4v) is 4.49. The summed E-state index contributed by atoms with van der Waals surface area (Å²) in [6, 6.07) is 6.25. The molecule has 0 radical (unpaired) electrons. The van der Waals surface area contributed by atoms with Crippen LogP contribution >= 0.6 is 11.5 Å². The number of aromatic nitrogens is 2. The molecule has 1 saturated carbocycles. The molecule has 3 amide bonds. The summed E-state index contributed by atoms with van der Waals surface area (Å²) >= 11 is 1.10. The average molecular weight is 538 g/mol. The second-order valence-corrected chi connectivity index (χ2v) is 9.42. The first-order valence-electron chi connectivity index (χ1n) is 11.8. The molecule has 0 bridgehead atoms. The van der Waals surface area contributed by atoms with Crippen LogP contribution in [0.4, 0.5) is 8.78 Å². The maximum atomic E-state index is 13.8. The van der Waals surface area contributed by atoms with Gasteiger partial charge in [-0.05, 0) is 29.9 Å². The van der Waals surface area contributed by atoms with Crippen LogP contribution in [0, 0.1) is 5.92 Å². The van der Waals surface area contributed by atoms with E-state index in [9.17, 15) is 28.0 Å². The molecule has 1 aromatic heterocycles. The van der Waals surface area contributed by atoms with Crippen LogP contribution in [0.5, 0.6) is 0 Å². The molecule has 37 heavy (non-hydrogen) atoms. The van der Waals surface area contributed by atoms with E-state index in [4.69, 9.17) is 4.74 Å². The lowest BCUT2D eigenvalue weighted by atomic mass is 9.86. The highest BCUT2D eigenvalue weighted by Gasteiger charge is 2.40. The molecular formula is C24H29F2N5O5S. The molecule has 10 nitrogen and oxygen atoms in total. The molecule has 3 rings (SSSR count). The molecule has 1 unspecified atom stereocenters. The summed E-state index contributed by atoms with van der Waals surface area (Å²) in [6.07, 6.45) is -0.375. The highest BCUT2D eigenvalue weighted by molar-refractivity contribution is 7.03. The van der Waals surface area contributed by atoms with Gasteiger partial charge in [0.1, 0.15) is 17.6 Å². The van der Waals surface area contributed by atoms with Crippen LogP contribution in [0.3, 0.4) is 0 Å². The van der Waals surface area contributed by atoms with Gasteiger partial charge in [0.2, 0.25) is 23.5 Å². The minimum Gasteiger partial charge on any atom is -0.382 e. The first kappa shape index (κ1) is 28.3. The van der Waals surface area contributed by atoms with Crippen molar-refractivity contribution in [3.63, 3.8) is 0 Å². The lowest BCUT2D eigenvalue weighted by Crippen LogP contribution is -2.56. The van der Waals surface area contributed by atoms with Gasteiger partial charge in [-0.2, -0.15) is 4.37 Å². The summed E-state index contributed by atoms with van der Waals surface area (Å²) in [5.74, 6) is -6.84. The number of alkyl halides is 2. The van der Waals surface area contributed by atoms with Gasteiger partial charge in [-0.25, -0.2) is 13.8 Å². The van der Waals surface area contributed by atoms with E-state index in [1.54, 1.807) is 30.3 Å². The third-order valence-electron chi connectivity index (χ3n) is 5.93. The van der Waals surface area contributed by atoms with Gasteiger partial charge in [-0.15, -0.1) is 0 Å². The predicted molar refractivity (Wildman–Crippen MR) is 130 cm³/mol. The largest absolute Gasteiger partial charge is 0.382 e. The Hall–Kier alpha value is -3.32. The van der Waals surface area contributed by atoms with Crippen LogP contribution < -0.4 is 16.0 Å². The van der Waals surface area contributed by atoms with E-state index < -0.39 is 53.8 Å². The number of Topliss-reactive ketones (excluding diaryl/α,β-unsaturated/α-hetero) is 1. The number of hydrogen-bond acceptors (Lipinski definition) is 8. The average Bonchev–Trinajstić information content (AvgIpc) is 3.40. The Morgan fingerprint density at radius 2 is 1.92 bits per heavy atom. The van der Waals surface area contributed by atoms with Gasteiger partial charge in [0.05, 0.1) is 13.2 Å². The van der Waals surface area contributed by atoms with Crippen molar-refractivity contribution in [3.8, 4) is 0 Å². The maximum Gasteiger partial charge on any atom is 0.289 e. The van der Waals surface area contributed by atoms with Crippen molar-refractivity contribution < 1.29 is 32.7 Å². The summed E-state index contributed by atoms with van der Waals surface area (Å²) in [4.78, 5) is 55.3. The third-order valence-corrected chi connectivity index (χ3v) is 6.45. The van der Waals surface area contributed by atoms with Gasteiger partial charge < -0.3 is 20.7 Å². The van der Waals surface area contributed by atoms with Gasteiger partial charge in [-0.3, -0.25) is 19.2 Å². The number of halogens is 2. The normalized spacial score (nSPS) is 18.3. The number of nitrogens with zero attached hydrogens (tertiary/aromatic N) is 2. The molecule has 13 heteroatoms. The first-order chi connectivity index (χ1) is 17.7. The smallest absolute Gasteiger partial charge is 0.289 e. The molecule has 0 spiro atoms. The van der Waals surface area contributed by atoms with Crippen molar-refractivity contribution in [1.29, 1.82) is 0 Å². The summed E-state index contributed by atoms with van der Waals surface area (Å²) in [5, 5.41) is 7.44. The summed E-state index contributed by atoms with van der Waals surface area (Å²) in [5.41, 5.74) is 2.17. The van der Waals surface area contributed by atoms with Crippen molar-refractivity contribution in [2.45, 2.75) is 56.7 Å². The lowest BCUT2D eigenvalue weighted by molar-refractivity contribution is -0.141. The highest BCUT2D eigenvalue weighted by Crippen LogP contribution is 2.36. The minimum absolute atomic E-state index is 0.0102. The Balaban J connectivity index is 1.69. The zero-order chi connectivity index (χ0) is 26.8. The highest BCUT2D eigenvalue weighted by atomic mass is 32.1. The van der Waals surface area contributed by atoms with Gasteiger partial charge in [0, 0.05) is 32.3 Å². The fraction of sp³-hybridized carbons (Fsp3) is 0.500. The zero-order valence-electron chi connectivity index (χ0n) is 20.2. The second-order valence-electron chi connectivity index (χ2n) is 8.81. The number of amides is 3. The van der Waals surface area contributed by atoms with Crippen molar-refractivity contribution in [3.05, 3.63) is 47.2 Å². The zero-order valence-corrected chi connectivity index (χ0v) is 21.1. The number of carbonyl (C=O) groups excluding carboxylic acids is 4. The van der Waals surface area contributed by atoms with E-state index in [1.807, 2.05) is 0 Å². The number of rotatable bonds is 12. The van der Waals surface area contributed by atoms with Gasteiger partial charge in [0.25, 0.3) is 5.91 Å². The Morgan fingerprint density at radius 1 is 1.16 bits per heavy atom.